The average molecular weight is 409 g/mol. The molecule has 0 saturated carbocycles. The number of nitrogens with zero attached hydrogens (tertiary/aromatic N) is 2. The third-order valence-electron chi connectivity index (χ3n) is 5.76. The SMILES string of the molecule is Cc1ccc(OCC(=O)N2CCN(C(=O)c3ccc(C(C)(C)C)cc3)CC2)cc1C. The van der Waals surface area contributed by atoms with Crippen LogP contribution < -0.4 is 4.74 Å². The molecule has 0 spiro atoms. The molecule has 0 bridgehead atoms. The fourth-order valence-electron chi connectivity index (χ4n) is 3.49. The van der Waals surface area contributed by atoms with E-state index in [1.165, 1.54) is 11.1 Å². The molecule has 0 N–H and O–H groups in total. The second-order valence-corrected chi connectivity index (χ2v) is 9.04. The average Bonchev–Trinajstić information content (AvgIpc) is 2.73. The molecular weight excluding hydrogens is 376 g/mol. The summed E-state index contributed by atoms with van der Waals surface area (Å²) in [6.07, 6.45) is 0. The van der Waals surface area contributed by atoms with Gasteiger partial charge in [0.25, 0.3) is 11.8 Å². The molecule has 5 nitrogen and oxygen atoms in total. The number of ether oxygens (including phenoxy) is 1. The maximum absolute atomic E-state index is 12.8. The Hall–Kier alpha value is -2.82. The number of amides is 2. The zero-order valence-electron chi connectivity index (χ0n) is 18.7. The van der Waals surface area contributed by atoms with Gasteiger partial charge in [0.15, 0.2) is 6.61 Å². The Balaban J connectivity index is 1.50. The number of carbonyl (C=O) groups excluding carboxylic acids is 2. The van der Waals surface area contributed by atoms with Gasteiger partial charge in [0, 0.05) is 31.7 Å². The van der Waals surface area contributed by atoms with Crippen LogP contribution in [0.2, 0.25) is 0 Å². The van der Waals surface area contributed by atoms with Gasteiger partial charge in [-0.2, -0.15) is 0 Å². The van der Waals surface area contributed by atoms with E-state index in [2.05, 4.69) is 20.8 Å². The molecule has 1 fully saturated rings. The van der Waals surface area contributed by atoms with Gasteiger partial charge in [-0.25, -0.2) is 0 Å². The van der Waals surface area contributed by atoms with Crippen LogP contribution in [0.5, 0.6) is 5.75 Å². The van der Waals surface area contributed by atoms with Crippen molar-refractivity contribution in [2.75, 3.05) is 32.8 Å². The van der Waals surface area contributed by atoms with Gasteiger partial charge in [-0.15, -0.1) is 0 Å². The minimum atomic E-state index is -0.0464. The smallest absolute Gasteiger partial charge is 0.260 e. The quantitative estimate of drug-likeness (QED) is 0.769. The van der Waals surface area contributed by atoms with Crippen LogP contribution in [-0.4, -0.2) is 54.4 Å². The second kappa shape index (κ2) is 8.90. The molecule has 1 saturated heterocycles. The number of aryl methyl sites for hydroxylation is 2. The van der Waals surface area contributed by atoms with E-state index in [9.17, 15) is 9.59 Å². The highest BCUT2D eigenvalue weighted by atomic mass is 16.5. The van der Waals surface area contributed by atoms with Gasteiger partial charge in [-0.05, 0) is 60.2 Å². The summed E-state index contributed by atoms with van der Waals surface area (Å²) in [5.74, 6) is 0.683. The van der Waals surface area contributed by atoms with Crippen molar-refractivity contribution in [2.24, 2.45) is 0 Å². The monoisotopic (exact) mass is 408 g/mol. The zero-order chi connectivity index (χ0) is 21.9. The fraction of sp³-hybridized carbons (Fsp3) is 0.440. The van der Waals surface area contributed by atoms with Crippen molar-refractivity contribution in [3.8, 4) is 5.75 Å². The summed E-state index contributed by atoms with van der Waals surface area (Å²) in [5, 5.41) is 0. The molecule has 160 valence electrons. The summed E-state index contributed by atoms with van der Waals surface area (Å²) in [6.45, 7) is 12.7. The number of hydrogen-bond donors (Lipinski definition) is 0. The number of hydrogen-bond acceptors (Lipinski definition) is 3. The Morgan fingerprint density at radius 2 is 1.47 bits per heavy atom. The first-order valence-corrected chi connectivity index (χ1v) is 10.5. The van der Waals surface area contributed by atoms with Gasteiger partial charge in [0.05, 0.1) is 0 Å². The molecule has 5 heteroatoms. The lowest BCUT2D eigenvalue weighted by molar-refractivity contribution is -0.134. The normalized spacial score (nSPS) is 14.6. The molecule has 1 heterocycles. The Bertz CT molecular complexity index is 905. The zero-order valence-corrected chi connectivity index (χ0v) is 18.7. The second-order valence-electron chi connectivity index (χ2n) is 9.04. The maximum Gasteiger partial charge on any atom is 0.260 e. The van der Waals surface area contributed by atoms with Gasteiger partial charge in [0.1, 0.15) is 5.75 Å². The van der Waals surface area contributed by atoms with E-state index < -0.39 is 0 Å². The van der Waals surface area contributed by atoms with Crippen molar-refractivity contribution >= 4 is 11.8 Å². The van der Waals surface area contributed by atoms with Gasteiger partial charge in [0.2, 0.25) is 0 Å². The fourth-order valence-corrected chi connectivity index (χ4v) is 3.49. The molecule has 0 atom stereocenters. The molecule has 2 aromatic carbocycles. The molecule has 3 rings (SSSR count). The maximum atomic E-state index is 12.8. The highest BCUT2D eigenvalue weighted by Crippen LogP contribution is 2.23. The third kappa shape index (κ3) is 5.21. The number of piperazine rings is 1. The lowest BCUT2D eigenvalue weighted by atomic mass is 9.86. The van der Waals surface area contributed by atoms with Crippen LogP contribution in [0.1, 0.15) is 47.8 Å². The lowest BCUT2D eigenvalue weighted by Gasteiger charge is -2.34. The number of carbonyl (C=O) groups is 2. The van der Waals surface area contributed by atoms with Gasteiger partial charge >= 0.3 is 0 Å². The molecule has 0 aliphatic carbocycles. The first-order valence-electron chi connectivity index (χ1n) is 10.5. The predicted octanol–water partition coefficient (Wildman–Crippen LogP) is 3.96. The topological polar surface area (TPSA) is 49.9 Å². The highest BCUT2D eigenvalue weighted by molar-refractivity contribution is 5.94. The summed E-state index contributed by atoms with van der Waals surface area (Å²) >= 11 is 0. The Morgan fingerprint density at radius 3 is 2.03 bits per heavy atom. The van der Waals surface area contributed by atoms with Crippen LogP contribution in [0, 0.1) is 13.8 Å². The van der Waals surface area contributed by atoms with Gasteiger partial charge in [-0.1, -0.05) is 39.0 Å². The highest BCUT2D eigenvalue weighted by Gasteiger charge is 2.25. The molecule has 1 aliphatic rings. The van der Waals surface area contributed by atoms with Gasteiger partial charge < -0.3 is 14.5 Å². The Kier molecular flexibility index (Phi) is 6.49. The van der Waals surface area contributed by atoms with Crippen molar-refractivity contribution in [1.29, 1.82) is 0 Å². The van der Waals surface area contributed by atoms with E-state index >= 15 is 0 Å². The summed E-state index contributed by atoms with van der Waals surface area (Å²) in [5.41, 5.74) is 4.30. The van der Waals surface area contributed by atoms with Crippen molar-refractivity contribution < 1.29 is 14.3 Å². The molecule has 30 heavy (non-hydrogen) atoms. The van der Waals surface area contributed by atoms with Crippen LogP contribution in [0.25, 0.3) is 0 Å². The molecule has 0 radical (unpaired) electrons. The minimum absolute atomic E-state index is 0.0186. The van der Waals surface area contributed by atoms with E-state index in [1.54, 1.807) is 4.90 Å². The van der Waals surface area contributed by atoms with E-state index in [1.807, 2.05) is 61.2 Å². The molecule has 2 amide bonds. The van der Waals surface area contributed by atoms with Crippen LogP contribution >= 0.6 is 0 Å². The first-order chi connectivity index (χ1) is 14.1. The summed E-state index contributed by atoms with van der Waals surface area (Å²) in [6, 6.07) is 13.7. The van der Waals surface area contributed by atoms with Gasteiger partial charge in [-0.3, -0.25) is 9.59 Å². The Labute approximate surface area is 179 Å². The Morgan fingerprint density at radius 1 is 0.867 bits per heavy atom. The van der Waals surface area contributed by atoms with Crippen LogP contribution in [0.3, 0.4) is 0 Å². The molecule has 0 aromatic heterocycles. The summed E-state index contributed by atoms with van der Waals surface area (Å²) < 4.78 is 5.67. The summed E-state index contributed by atoms with van der Waals surface area (Å²) in [4.78, 5) is 28.9. The third-order valence-corrected chi connectivity index (χ3v) is 5.76. The van der Waals surface area contributed by atoms with Crippen molar-refractivity contribution in [1.82, 2.24) is 9.80 Å². The lowest BCUT2D eigenvalue weighted by Crippen LogP contribution is -2.51. The van der Waals surface area contributed by atoms with Crippen molar-refractivity contribution in [2.45, 2.75) is 40.0 Å². The van der Waals surface area contributed by atoms with Crippen molar-refractivity contribution in [3.63, 3.8) is 0 Å². The van der Waals surface area contributed by atoms with E-state index in [4.69, 9.17) is 4.74 Å². The van der Waals surface area contributed by atoms with E-state index in [0.29, 0.717) is 37.5 Å². The van der Waals surface area contributed by atoms with Crippen LogP contribution in [-0.2, 0) is 10.2 Å². The standard InChI is InChI=1S/C25H32N2O3/c1-18-6-11-22(16-19(18)2)30-17-23(28)26-12-14-27(15-13-26)24(29)20-7-9-21(10-8-20)25(3,4)5/h6-11,16H,12-15,17H2,1-5H3. The van der Waals surface area contributed by atoms with Crippen molar-refractivity contribution in [3.05, 3.63) is 64.7 Å². The largest absolute Gasteiger partial charge is 0.484 e. The molecule has 0 unspecified atom stereocenters. The van der Waals surface area contributed by atoms with Crippen LogP contribution in [0.4, 0.5) is 0 Å². The molecule has 1 aliphatic heterocycles. The number of benzene rings is 2. The predicted molar refractivity (Wildman–Crippen MR) is 119 cm³/mol. The number of rotatable bonds is 4. The minimum Gasteiger partial charge on any atom is -0.484 e. The molecular formula is C25H32N2O3. The molecule has 2 aromatic rings. The first kappa shape index (κ1) is 21.9. The van der Waals surface area contributed by atoms with E-state index in [0.717, 1.165) is 5.56 Å². The summed E-state index contributed by atoms with van der Waals surface area (Å²) in [7, 11) is 0. The van der Waals surface area contributed by atoms with Crippen LogP contribution in [0.15, 0.2) is 42.5 Å². The van der Waals surface area contributed by atoms with E-state index in [-0.39, 0.29) is 23.8 Å².